The summed E-state index contributed by atoms with van der Waals surface area (Å²) in [6.45, 7) is 6.81. The molecule has 1 aromatic rings. The largest absolute Gasteiger partial charge is 0.486 e. The number of hydrogen-bond donors (Lipinski definition) is 1. The summed E-state index contributed by atoms with van der Waals surface area (Å²) in [4.78, 5) is 14.6. The molecule has 2 atom stereocenters. The third kappa shape index (κ3) is 3.24. The zero-order chi connectivity index (χ0) is 14.1. The fourth-order valence-electron chi connectivity index (χ4n) is 2.65. The van der Waals surface area contributed by atoms with Crippen LogP contribution in [-0.2, 0) is 0 Å². The van der Waals surface area contributed by atoms with Crippen LogP contribution in [0.1, 0.15) is 24.2 Å². The highest BCUT2D eigenvalue weighted by molar-refractivity contribution is 5.95. The summed E-state index contributed by atoms with van der Waals surface area (Å²) in [5.74, 6) is 1.44. The van der Waals surface area contributed by atoms with E-state index in [2.05, 4.69) is 19.2 Å². The highest BCUT2D eigenvalue weighted by atomic mass is 35.5. The molecule has 1 amide bonds. The van der Waals surface area contributed by atoms with Crippen molar-refractivity contribution in [2.45, 2.75) is 25.9 Å². The Morgan fingerprint density at radius 2 is 1.95 bits per heavy atom. The Balaban J connectivity index is 0.00000161. The second-order valence-corrected chi connectivity index (χ2v) is 5.47. The van der Waals surface area contributed by atoms with E-state index in [1.54, 1.807) is 6.07 Å². The molecule has 21 heavy (non-hydrogen) atoms. The fourth-order valence-corrected chi connectivity index (χ4v) is 2.65. The van der Waals surface area contributed by atoms with Gasteiger partial charge in [0, 0.05) is 30.7 Å². The van der Waals surface area contributed by atoms with Gasteiger partial charge >= 0.3 is 0 Å². The Kier molecular flexibility index (Phi) is 4.96. The minimum atomic E-state index is 0. The third-order valence-electron chi connectivity index (χ3n) is 3.81. The van der Waals surface area contributed by atoms with Gasteiger partial charge < -0.3 is 19.7 Å². The van der Waals surface area contributed by atoms with Crippen LogP contribution in [-0.4, -0.2) is 49.2 Å². The second-order valence-electron chi connectivity index (χ2n) is 5.47. The van der Waals surface area contributed by atoms with E-state index < -0.39 is 0 Å². The van der Waals surface area contributed by atoms with Crippen molar-refractivity contribution in [3.8, 4) is 11.5 Å². The van der Waals surface area contributed by atoms with E-state index >= 15 is 0 Å². The molecular weight excluding hydrogens is 292 g/mol. The number of fused-ring (bicyclic) bond motifs is 1. The lowest BCUT2D eigenvalue weighted by Gasteiger charge is -2.37. The maximum absolute atomic E-state index is 12.6. The number of nitrogens with one attached hydrogen (secondary N) is 1. The van der Waals surface area contributed by atoms with Crippen molar-refractivity contribution in [3.63, 3.8) is 0 Å². The Bertz CT molecular complexity index is 524. The molecule has 2 aliphatic rings. The lowest BCUT2D eigenvalue weighted by atomic mass is 10.1. The molecule has 0 saturated carbocycles. The average molecular weight is 313 g/mol. The van der Waals surface area contributed by atoms with E-state index in [0.717, 1.165) is 18.8 Å². The Hall–Kier alpha value is -1.46. The van der Waals surface area contributed by atoms with Crippen molar-refractivity contribution in [1.29, 1.82) is 0 Å². The van der Waals surface area contributed by atoms with Crippen LogP contribution in [0, 0.1) is 0 Å². The molecule has 0 spiro atoms. The Morgan fingerprint density at radius 3 is 2.71 bits per heavy atom. The number of amides is 1. The number of piperazine rings is 1. The van der Waals surface area contributed by atoms with Crippen molar-refractivity contribution in [1.82, 2.24) is 10.2 Å². The number of halogens is 1. The molecule has 0 radical (unpaired) electrons. The molecule has 3 rings (SSSR count). The van der Waals surface area contributed by atoms with Gasteiger partial charge in [-0.2, -0.15) is 0 Å². The summed E-state index contributed by atoms with van der Waals surface area (Å²) in [7, 11) is 0. The monoisotopic (exact) mass is 312 g/mol. The van der Waals surface area contributed by atoms with E-state index in [9.17, 15) is 4.79 Å². The molecule has 0 aromatic heterocycles. The average Bonchev–Trinajstić information content (AvgIpc) is 2.48. The van der Waals surface area contributed by atoms with Crippen LogP contribution in [0.3, 0.4) is 0 Å². The molecule has 2 unspecified atom stereocenters. The summed E-state index contributed by atoms with van der Waals surface area (Å²) in [6.07, 6.45) is 0. The Morgan fingerprint density at radius 1 is 1.24 bits per heavy atom. The highest BCUT2D eigenvalue weighted by Gasteiger charge is 2.28. The van der Waals surface area contributed by atoms with Gasteiger partial charge in [0.05, 0.1) is 0 Å². The van der Waals surface area contributed by atoms with Gasteiger partial charge in [-0.05, 0) is 32.0 Å². The summed E-state index contributed by atoms with van der Waals surface area (Å²) in [5, 5.41) is 3.38. The number of benzene rings is 1. The number of carbonyl (C=O) groups excluding carboxylic acids is 1. The van der Waals surface area contributed by atoms with Crippen molar-refractivity contribution in [2.24, 2.45) is 0 Å². The third-order valence-corrected chi connectivity index (χ3v) is 3.81. The van der Waals surface area contributed by atoms with Crippen LogP contribution in [0.15, 0.2) is 18.2 Å². The molecule has 0 aliphatic carbocycles. The van der Waals surface area contributed by atoms with E-state index in [-0.39, 0.29) is 24.4 Å². The first-order chi connectivity index (χ1) is 9.65. The number of ether oxygens (including phenoxy) is 2. The van der Waals surface area contributed by atoms with Crippen LogP contribution >= 0.6 is 12.4 Å². The lowest BCUT2D eigenvalue weighted by molar-refractivity contribution is 0.0615. The van der Waals surface area contributed by atoms with E-state index in [1.165, 1.54) is 0 Å². The SMILES string of the molecule is CC1CN(C(=O)c2ccc3c(c2)OCCO3)C(C)CN1.Cl. The fraction of sp³-hybridized carbons (Fsp3) is 0.533. The van der Waals surface area contributed by atoms with Gasteiger partial charge in [-0.3, -0.25) is 4.79 Å². The predicted molar refractivity (Wildman–Crippen MR) is 82.6 cm³/mol. The van der Waals surface area contributed by atoms with Crippen LogP contribution < -0.4 is 14.8 Å². The number of carbonyl (C=O) groups is 1. The van der Waals surface area contributed by atoms with Gasteiger partial charge in [0.1, 0.15) is 13.2 Å². The van der Waals surface area contributed by atoms with Crippen molar-refractivity contribution in [3.05, 3.63) is 23.8 Å². The van der Waals surface area contributed by atoms with E-state index in [4.69, 9.17) is 9.47 Å². The smallest absolute Gasteiger partial charge is 0.254 e. The second kappa shape index (κ2) is 6.54. The first kappa shape index (κ1) is 15.9. The summed E-state index contributed by atoms with van der Waals surface area (Å²) < 4.78 is 11.0. The van der Waals surface area contributed by atoms with Gasteiger partial charge in [-0.25, -0.2) is 0 Å². The lowest BCUT2D eigenvalue weighted by Crippen LogP contribution is -2.56. The van der Waals surface area contributed by atoms with E-state index in [1.807, 2.05) is 17.0 Å². The van der Waals surface area contributed by atoms with Gasteiger partial charge in [0.25, 0.3) is 5.91 Å². The summed E-state index contributed by atoms with van der Waals surface area (Å²) in [6, 6.07) is 5.95. The molecule has 0 bridgehead atoms. The molecule has 5 nitrogen and oxygen atoms in total. The van der Waals surface area contributed by atoms with E-state index in [0.29, 0.717) is 30.6 Å². The molecule has 2 aliphatic heterocycles. The predicted octanol–water partition coefficient (Wildman–Crippen LogP) is 1.70. The van der Waals surface area contributed by atoms with Gasteiger partial charge in [-0.15, -0.1) is 12.4 Å². The first-order valence-electron chi connectivity index (χ1n) is 7.09. The molecule has 1 saturated heterocycles. The van der Waals surface area contributed by atoms with Crippen molar-refractivity contribution < 1.29 is 14.3 Å². The quantitative estimate of drug-likeness (QED) is 0.857. The molecule has 1 N–H and O–H groups in total. The Labute approximate surface area is 131 Å². The number of nitrogens with zero attached hydrogens (tertiary/aromatic N) is 1. The van der Waals surface area contributed by atoms with Crippen LogP contribution in [0.2, 0.25) is 0 Å². The minimum absolute atomic E-state index is 0. The zero-order valence-electron chi connectivity index (χ0n) is 12.3. The first-order valence-corrected chi connectivity index (χ1v) is 7.09. The minimum Gasteiger partial charge on any atom is -0.486 e. The van der Waals surface area contributed by atoms with Gasteiger partial charge in [0.15, 0.2) is 11.5 Å². The number of hydrogen-bond acceptors (Lipinski definition) is 4. The van der Waals surface area contributed by atoms with Crippen LogP contribution in [0.4, 0.5) is 0 Å². The molecular formula is C15H21ClN2O3. The zero-order valence-corrected chi connectivity index (χ0v) is 13.1. The van der Waals surface area contributed by atoms with Crippen molar-refractivity contribution in [2.75, 3.05) is 26.3 Å². The standard InChI is InChI=1S/C15H20N2O3.ClH/c1-10-9-17(11(2)8-16-10)15(18)12-3-4-13-14(7-12)20-6-5-19-13;/h3-4,7,10-11,16H,5-6,8-9H2,1-2H3;1H. The maximum Gasteiger partial charge on any atom is 0.254 e. The normalized spacial score (nSPS) is 24.2. The summed E-state index contributed by atoms with van der Waals surface area (Å²) in [5.41, 5.74) is 0.662. The molecule has 1 fully saturated rings. The van der Waals surface area contributed by atoms with Gasteiger partial charge in [0.2, 0.25) is 0 Å². The number of rotatable bonds is 1. The van der Waals surface area contributed by atoms with Gasteiger partial charge in [-0.1, -0.05) is 0 Å². The van der Waals surface area contributed by atoms with Crippen LogP contribution in [0.25, 0.3) is 0 Å². The molecule has 116 valence electrons. The maximum atomic E-state index is 12.6. The topological polar surface area (TPSA) is 50.8 Å². The summed E-state index contributed by atoms with van der Waals surface area (Å²) >= 11 is 0. The highest BCUT2D eigenvalue weighted by Crippen LogP contribution is 2.31. The molecule has 6 heteroatoms. The molecule has 2 heterocycles. The van der Waals surface area contributed by atoms with Crippen LogP contribution in [0.5, 0.6) is 11.5 Å². The van der Waals surface area contributed by atoms with Crippen molar-refractivity contribution >= 4 is 18.3 Å². The molecule has 1 aromatic carbocycles.